The number of unbranched alkanes of at least 4 members (excludes halogenated alkanes) is 5. The number of aldehydes is 2. The van der Waals surface area contributed by atoms with Crippen molar-refractivity contribution in [2.75, 3.05) is 13.6 Å². The maximum Gasteiger partial charge on any atom is 0.141 e. The zero-order valence-electron chi connectivity index (χ0n) is 14.1. The third-order valence-corrected chi connectivity index (χ3v) is 5.57. The monoisotopic (exact) mass is 356 g/mol. The summed E-state index contributed by atoms with van der Waals surface area (Å²) in [5, 5.41) is 3.93. The molecule has 0 bridgehead atoms. The minimum atomic E-state index is -0.000000000000000222. The van der Waals surface area contributed by atoms with Crippen molar-refractivity contribution < 1.29 is 9.59 Å². The Balaban J connectivity index is 0.000000277. The number of hydrogen-bond donors (Lipinski definition) is 0. The fraction of sp³-hybridized carbons (Fsp3) is 0.647. The Labute approximate surface area is 149 Å². The minimum absolute atomic E-state index is 0.000000000000000222. The highest BCUT2D eigenvalue weighted by Gasteiger charge is 2.18. The molecule has 2 rings (SSSR count). The van der Waals surface area contributed by atoms with E-state index in [0.29, 0.717) is 0 Å². The van der Waals surface area contributed by atoms with Crippen LogP contribution in [0.1, 0.15) is 45.4 Å². The highest BCUT2D eigenvalue weighted by atomic mass is 32.2. The topological polar surface area (TPSA) is 40.6 Å². The van der Waals surface area contributed by atoms with Gasteiger partial charge in [-0.15, -0.1) is 0 Å². The molecule has 23 heavy (non-hydrogen) atoms. The number of hydrogen-bond acceptors (Lipinski definition) is 6. The van der Waals surface area contributed by atoms with E-state index in [9.17, 15) is 9.59 Å². The third-order valence-electron chi connectivity index (χ3n) is 3.74. The average molecular weight is 357 g/mol. The lowest BCUT2D eigenvalue weighted by molar-refractivity contribution is -0.110. The molecule has 0 spiro atoms. The summed E-state index contributed by atoms with van der Waals surface area (Å²) in [6.07, 6.45) is 13.7. The van der Waals surface area contributed by atoms with Crippen molar-refractivity contribution in [1.29, 1.82) is 0 Å². The van der Waals surface area contributed by atoms with Gasteiger partial charge in [0.15, 0.2) is 0 Å². The van der Waals surface area contributed by atoms with Crippen LogP contribution in [0, 0.1) is 0 Å². The van der Waals surface area contributed by atoms with Crippen molar-refractivity contribution in [1.82, 2.24) is 8.61 Å². The fourth-order valence-electron chi connectivity index (χ4n) is 2.26. The summed E-state index contributed by atoms with van der Waals surface area (Å²) in [7, 11) is 1.89. The van der Waals surface area contributed by atoms with Gasteiger partial charge in [-0.3, -0.25) is 0 Å². The van der Waals surface area contributed by atoms with E-state index in [1.807, 2.05) is 34.3 Å². The fourth-order valence-corrected chi connectivity index (χ4v) is 3.82. The van der Waals surface area contributed by atoms with Crippen LogP contribution in [0.2, 0.25) is 0 Å². The van der Waals surface area contributed by atoms with Crippen molar-refractivity contribution >= 4 is 36.5 Å². The predicted molar refractivity (Wildman–Crippen MR) is 101 cm³/mol. The van der Waals surface area contributed by atoms with Gasteiger partial charge in [0.25, 0.3) is 0 Å². The molecule has 0 aromatic carbocycles. The molecule has 0 N–H and O–H groups in total. The smallest absolute Gasteiger partial charge is 0.141 e. The van der Waals surface area contributed by atoms with E-state index in [1.165, 1.54) is 38.5 Å². The van der Waals surface area contributed by atoms with Gasteiger partial charge in [-0.2, -0.15) is 0 Å². The third kappa shape index (κ3) is 8.20. The van der Waals surface area contributed by atoms with Crippen LogP contribution >= 0.6 is 23.9 Å². The molecular formula is C17H28N2O2S2. The number of likely N-dealkylation sites (N-methyl/N-ethyl adjacent to an activating group) is 1. The van der Waals surface area contributed by atoms with Crippen LogP contribution in [-0.4, -0.2) is 46.9 Å². The van der Waals surface area contributed by atoms with Crippen molar-refractivity contribution in [2.24, 2.45) is 0 Å². The normalized spacial score (nSPS) is 23.7. The Morgan fingerprint density at radius 1 is 0.913 bits per heavy atom. The SMILES string of the molecule is CCCCCCCCN1SC=CC1C=O.CN1SC=CC1C=O. The van der Waals surface area contributed by atoms with Gasteiger partial charge in [0.05, 0.1) is 12.1 Å². The van der Waals surface area contributed by atoms with Crippen LogP contribution in [0.3, 0.4) is 0 Å². The molecule has 0 aromatic heterocycles. The number of carbonyl (C=O) groups excluding carboxylic acids is 2. The maximum atomic E-state index is 10.7. The molecular weight excluding hydrogens is 328 g/mol. The van der Waals surface area contributed by atoms with Crippen LogP contribution in [0.15, 0.2) is 23.0 Å². The van der Waals surface area contributed by atoms with Crippen LogP contribution in [0.4, 0.5) is 0 Å². The summed E-state index contributed by atoms with van der Waals surface area (Å²) >= 11 is 3.22. The maximum absolute atomic E-state index is 10.7. The molecule has 0 fully saturated rings. The summed E-state index contributed by atoms with van der Waals surface area (Å²) in [5.41, 5.74) is 0. The molecule has 0 radical (unpaired) electrons. The predicted octanol–water partition coefficient (Wildman–Crippen LogP) is 4.05. The molecule has 2 heterocycles. The molecule has 2 aliphatic heterocycles. The first kappa shape index (κ1) is 20.5. The number of carbonyl (C=O) groups is 2. The zero-order valence-corrected chi connectivity index (χ0v) is 15.7. The first-order valence-corrected chi connectivity index (χ1v) is 9.97. The summed E-state index contributed by atoms with van der Waals surface area (Å²) in [6.45, 7) is 3.27. The molecule has 2 aliphatic rings. The van der Waals surface area contributed by atoms with Gasteiger partial charge < -0.3 is 9.59 Å². The molecule has 130 valence electrons. The lowest BCUT2D eigenvalue weighted by Crippen LogP contribution is -2.26. The first-order valence-electron chi connectivity index (χ1n) is 8.29. The Bertz CT molecular complexity index is 402. The van der Waals surface area contributed by atoms with Gasteiger partial charge in [-0.25, -0.2) is 8.61 Å². The highest BCUT2D eigenvalue weighted by Crippen LogP contribution is 2.24. The van der Waals surface area contributed by atoms with Crippen LogP contribution in [0.5, 0.6) is 0 Å². The number of nitrogens with zero attached hydrogens (tertiary/aromatic N) is 2. The van der Waals surface area contributed by atoms with E-state index in [-0.39, 0.29) is 12.1 Å². The molecule has 2 unspecified atom stereocenters. The summed E-state index contributed by atoms with van der Waals surface area (Å²) < 4.78 is 4.06. The van der Waals surface area contributed by atoms with Gasteiger partial charge in [0.2, 0.25) is 0 Å². The quantitative estimate of drug-likeness (QED) is 0.353. The molecule has 0 saturated carbocycles. The van der Waals surface area contributed by atoms with Crippen LogP contribution in [0.25, 0.3) is 0 Å². The van der Waals surface area contributed by atoms with Crippen LogP contribution in [-0.2, 0) is 9.59 Å². The Morgan fingerprint density at radius 3 is 2.09 bits per heavy atom. The van der Waals surface area contributed by atoms with Gasteiger partial charge in [-0.05, 0) is 48.2 Å². The second-order valence-electron chi connectivity index (χ2n) is 5.58. The second kappa shape index (κ2) is 12.8. The Kier molecular flexibility index (Phi) is 11.4. The van der Waals surface area contributed by atoms with E-state index in [1.54, 1.807) is 23.9 Å². The average Bonchev–Trinajstić information content (AvgIpc) is 3.19. The molecule has 0 saturated heterocycles. The molecule has 0 amide bonds. The van der Waals surface area contributed by atoms with Crippen LogP contribution < -0.4 is 0 Å². The highest BCUT2D eigenvalue weighted by molar-refractivity contribution is 8.00. The van der Waals surface area contributed by atoms with Gasteiger partial charge >= 0.3 is 0 Å². The van der Waals surface area contributed by atoms with E-state index in [4.69, 9.17) is 0 Å². The lowest BCUT2D eigenvalue weighted by atomic mass is 10.1. The van der Waals surface area contributed by atoms with Crippen molar-refractivity contribution in [3.8, 4) is 0 Å². The van der Waals surface area contributed by atoms with Crippen molar-refractivity contribution in [3.05, 3.63) is 23.0 Å². The molecule has 6 heteroatoms. The second-order valence-corrected chi connectivity index (χ2v) is 7.59. The summed E-state index contributed by atoms with van der Waals surface area (Å²) in [4.78, 5) is 20.8. The van der Waals surface area contributed by atoms with Crippen molar-refractivity contribution in [3.63, 3.8) is 0 Å². The van der Waals surface area contributed by atoms with E-state index < -0.39 is 0 Å². The van der Waals surface area contributed by atoms with Gasteiger partial charge in [0, 0.05) is 6.54 Å². The van der Waals surface area contributed by atoms with Gasteiger partial charge in [-0.1, -0.05) is 51.2 Å². The summed E-state index contributed by atoms with van der Waals surface area (Å²) in [5.74, 6) is 0. The first-order chi connectivity index (χ1) is 11.2. The standard InChI is InChI=1S/C12H21NOS.C5H7NOS/c1-2-3-4-5-6-7-9-13-12(11-14)8-10-15-13;1-6-5(4-7)2-3-8-6/h8,10-12H,2-7,9H2,1H3;2-5H,1H3. The van der Waals surface area contributed by atoms with E-state index in [2.05, 4.69) is 11.2 Å². The molecule has 0 aromatic rings. The van der Waals surface area contributed by atoms with Gasteiger partial charge in [0.1, 0.15) is 12.6 Å². The largest absolute Gasteiger partial charge is 0.301 e. The number of rotatable bonds is 9. The van der Waals surface area contributed by atoms with E-state index >= 15 is 0 Å². The Morgan fingerprint density at radius 2 is 1.52 bits per heavy atom. The molecule has 4 nitrogen and oxygen atoms in total. The molecule has 2 atom stereocenters. The summed E-state index contributed by atoms with van der Waals surface area (Å²) in [6, 6.07) is 0.0191. The molecule has 0 aliphatic carbocycles. The van der Waals surface area contributed by atoms with Crippen molar-refractivity contribution in [2.45, 2.75) is 57.5 Å². The van der Waals surface area contributed by atoms with E-state index in [0.717, 1.165) is 19.1 Å². The Hall–Kier alpha value is -0.560. The lowest BCUT2D eigenvalue weighted by Gasteiger charge is -2.17. The minimum Gasteiger partial charge on any atom is -0.301 e. The zero-order chi connectivity index (χ0) is 16.9.